The van der Waals surface area contributed by atoms with Crippen LogP contribution in [-0.2, 0) is 6.54 Å². The van der Waals surface area contributed by atoms with Crippen LogP contribution in [0.1, 0.15) is 5.56 Å². The summed E-state index contributed by atoms with van der Waals surface area (Å²) in [6.07, 6.45) is 1.66. The topological polar surface area (TPSA) is 32.7 Å². The first-order valence-corrected chi connectivity index (χ1v) is 4.10. The Hall–Kier alpha value is -1.64. The molecule has 0 aliphatic heterocycles. The maximum atomic E-state index is 10.3. The molecule has 0 aliphatic carbocycles. The number of nitroso groups, excluding NO2 is 1. The van der Waals surface area contributed by atoms with Gasteiger partial charge in [0.05, 0.1) is 18.4 Å². The molecule has 0 bridgehead atoms. The van der Waals surface area contributed by atoms with Crippen LogP contribution in [0.25, 0.3) is 0 Å². The largest absolute Gasteiger partial charge is 0.253 e. The molecule has 0 aliphatic rings. The Morgan fingerprint density at radius 3 is 2.62 bits per heavy atom. The van der Waals surface area contributed by atoms with Crippen molar-refractivity contribution in [3.63, 3.8) is 0 Å². The van der Waals surface area contributed by atoms with Gasteiger partial charge in [0.2, 0.25) is 0 Å². The highest BCUT2D eigenvalue weighted by Gasteiger charge is 2.00. The van der Waals surface area contributed by atoms with Gasteiger partial charge in [0, 0.05) is 0 Å². The molecule has 0 N–H and O–H groups in total. The van der Waals surface area contributed by atoms with Crippen LogP contribution in [0.4, 0.5) is 0 Å². The van der Waals surface area contributed by atoms with Crippen molar-refractivity contribution in [1.29, 1.82) is 0 Å². The molecule has 0 fully saturated rings. The quantitative estimate of drug-likeness (QED) is 0.392. The molecule has 0 aromatic heterocycles. The third kappa shape index (κ3) is 3.07. The monoisotopic (exact) mass is 176 g/mol. The number of benzene rings is 1. The van der Waals surface area contributed by atoms with Gasteiger partial charge in [-0.3, -0.25) is 5.01 Å². The first-order valence-electron chi connectivity index (χ1n) is 4.10. The average Bonchev–Trinajstić information content (AvgIpc) is 2.19. The van der Waals surface area contributed by atoms with Crippen molar-refractivity contribution in [3.8, 4) is 0 Å². The van der Waals surface area contributed by atoms with Crippen LogP contribution in [0, 0.1) is 4.91 Å². The van der Waals surface area contributed by atoms with Crippen molar-refractivity contribution >= 4 is 0 Å². The zero-order valence-corrected chi connectivity index (χ0v) is 7.39. The first-order chi connectivity index (χ1) is 6.36. The van der Waals surface area contributed by atoms with Gasteiger partial charge in [0.25, 0.3) is 0 Å². The fraction of sp³-hybridized carbons (Fsp3) is 0.200. The molecule has 3 heteroatoms. The highest BCUT2D eigenvalue weighted by Crippen LogP contribution is 2.03. The zero-order valence-electron chi connectivity index (χ0n) is 7.39. The first kappa shape index (κ1) is 9.45. The molecule has 0 saturated heterocycles. The molecule has 68 valence electrons. The number of hydrogen-bond donors (Lipinski definition) is 0. The van der Waals surface area contributed by atoms with Crippen molar-refractivity contribution in [3.05, 3.63) is 53.5 Å². The fourth-order valence-corrected chi connectivity index (χ4v) is 1.07. The fourth-order valence-electron chi connectivity index (χ4n) is 1.07. The van der Waals surface area contributed by atoms with E-state index in [9.17, 15) is 4.91 Å². The lowest BCUT2D eigenvalue weighted by molar-refractivity contribution is 0.307. The minimum Gasteiger partial charge on any atom is -0.253 e. The molecule has 1 aromatic carbocycles. The molecule has 0 radical (unpaired) electrons. The maximum absolute atomic E-state index is 10.3. The summed E-state index contributed by atoms with van der Waals surface area (Å²) in [6.45, 7) is 4.57. The normalized spacial score (nSPS) is 9.23. The summed E-state index contributed by atoms with van der Waals surface area (Å²) in [7, 11) is 0. The predicted octanol–water partition coefficient (Wildman–Crippen LogP) is 2.36. The van der Waals surface area contributed by atoms with E-state index >= 15 is 0 Å². The van der Waals surface area contributed by atoms with Crippen molar-refractivity contribution in [1.82, 2.24) is 5.01 Å². The number of rotatable bonds is 5. The lowest BCUT2D eigenvalue weighted by atomic mass is 10.2. The van der Waals surface area contributed by atoms with Crippen molar-refractivity contribution in [2.45, 2.75) is 6.54 Å². The number of hydrogen-bond acceptors (Lipinski definition) is 2. The molecule has 0 unspecified atom stereocenters. The van der Waals surface area contributed by atoms with Gasteiger partial charge < -0.3 is 0 Å². The van der Waals surface area contributed by atoms with E-state index in [-0.39, 0.29) is 0 Å². The molecule has 0 spiro atoms. The Morgan fingerprint density at radius 2 is 2.08 bits per heavy atom. The van der Waals surface area contributed by atoms with E-state index in [2.05, 4.69) is 11.9 Å². The second kappa shape index (κ2) is 5.09. The van der Waals surface area contributed by atoms with Crippen LogP contribution < -0.4 is 0 Å². The summed E-state index contributed by atoms with van der Waals surface area (Å²) in [4.78, 5) is 10.3. The Balaban J connectivity index is 2.56. The van der Waals surface area contributed by atoms with Crippen molar-refractivity contribution in [2.24, 2.45) is 5.29 Å². The SMILES string of the molecule is C=CCN(Cc1ccccc1)N=O. The van der Waals surface area contributed by atoms with Gasteiger partial charge in [0.1, 0.15) is 0 Å². The molecule has 0 heterocycles. The van der Waals surface area contributed by atoms with Gasteiger partial charge >= 0.3 is 0 Å². The Kier molecular flexibility index (Phi) is 3.70. The van der Waals surface area contributed by atoms with Gasteiger partial charge in [0.15, 0.2) is 0 Å². The molecule has 0 atom stereocenters. The molecule has 1 rings (SSSR count). The van der Waals surface area contributed by atoms with Crippen LogP contribution in [0.3, 0.4) is 0 Å². The van der Waals surface area contributed by atoms with Crippen LogP contribution in [0.5, 0.6) is 0 Å². The van der Waals surface area contributed by atoms with Gasteiger partial charge in [-0.25, -0.2) is 0 Å². The zero-order chi connectivity index (χ0) is 9.52. The lowest BCUT2D eigenvalue weighted by Gasteiger charge is -2.12. The summed E-state index contributed by atoms with van der Waals surface area (Å²) in [5.41, 5.74) is 1.07. The van der Waals surface area contributed by atoms with Crippen molar-refractivity contribution in [2.75, 3.05) is 6.54 Å². The Bertz CT molecular complexity index is 272. The van der Waals surface area contributed by atoms with Crippen LogP contribution in [0.2, 0.25) is 0 Å². The van der Waals surface area contributed by atoms with E-state index in [0.29, 0.717) is 13.1 Å². The van der Waals surface area contributed by atoms with E-state index in [0.717, 1.165) is 5.56 Å². The van der Waals surface area contributed by atoms with Gasteiger partial charge in [-0.1, -0.05) is 36.4 Å². The second-order valence-corrected chi connectivity index (χ2v) is 2.70. The summed E-state index contributed by atoms with van der Waals surface area (Å²) < 4.78 is 0. The predicted molar refractivity (Wildman–Crippen MR) is 52.8 cm³/mol. The molecule has 1 aromatic rings. The standard InChI is InChI=1S/C10H12N2O/c1-2-8-12(11-13)9-10-6-4-3-5-7-10/h2-7H,1,8-9H2. The van der Waals surface area contributed by atoms with Crippen LogP contribution >= 0.6 is 0 Å². The minimum absolute atomic E-state index is 0.485. The molecule has 0 saturated carbocycles. The third-order valence-corrected chi connectivity index (χ3v) is 1.66. The molecular formula is C10H12N2O. The smallest absolute Gasteiger partial charge is 0.0646 e. The summed E-state index contributed by atoms with van der Waals surface area (Å²) in [5, 5.41) is 4.30. The Morgan fingerprint density at radius 1 is 1.38 bits per heavy atom. The summed E-state index contributed by atoms with van der Waals surface area (Å²) in [6, 6.07) is 9.73. The summed E-state index contributed by atoms with van der Waals surface area (Å²) >= 11 is 0. The van der Waals surface area contributed by atoms with E-state index in [1.807, 2.05) is 30.3 Å². The molecule has 3 nitrogen and oxygen atoms in total. The summed E-state index contributed by atoms with van der Waals surface area (Å²) in [5.74, 6) is 0. The van der Waals surface area contributed by atoms with E-state index < -0.39 is 0 Å². The molecule has 13 heavy (non-hydrogen) atoms. The second-order valence-electron chi connectivity index (χ2n) is 2.70. The van der Waals surface area contributed by atoms with E-state index in [1.165, 1.54) is 5.01 Å². The highest BCUT2D eigenvalue weighted by atomic mass is 16.3. The van der Waals surface area contributed by atoms with Crippen molar-refractivity contribution < 1.29 is 0 Å². The van der Waals surface area contributed by atoms with Gasteiger partial charge in [-0.2, -0.15) is 0 Å². The molecular weight excluding hydrogens is 164 g/mol. The highest BCUT2D eigenvalue weighted by molar-refractivity contribution is 5.14. The van der Waals surface area contributed by atoms with E-state index in [4.69, 9.17) is 0 Å². The molecule has 0 amide bonds. The minimum atomic E-state index is 0.485. The third-order valence-electron chi connectivity index (χ3n) is 1.66. The van der Waals surface area contributed by atoms with Crippen LogP contribution in [-0.4, -0.2) is 11.6 Å². The Labute approximate surface area is 77.6 Å². The lowest BCUT2D eigenvalue weighted by Crippen LogP contribution is -2.15. The van der Waals surface area contributed by atoms with Crippen LogP contribution in [0.15, 0.2) is 48.3 Å². The average molecular weight is 176 g/mol. The van der Waals surface area contributed by atoms with Gasteiger partial charge in [-0.05, 0) is 5.56 Å². The van der Waals surface area contributed by atoms with E-state index in [1.54, 1.807) is 6.08 Å². The van der Waals surface area contributed by atoms with Gasteiger partial charge in [-0.15, -0.1) is 11.5 Å². The maximum Gasteiger partial charge on any atom is 0.0646 e. The number of nitrogens with zero attached hydrogens (tertiary/aromatic N) is 2.